The maximum Gasteiger partial charge on any atom is 0.425 e. The maximum atomic E-state index is 14.0. The van der Waals surface area contributed by atoms with Gasteiger partial charge in [-0.2, -0.15) is 13.2 Å². The van der Waals surface area contributed by atoms with Crippen LogP contribution in [0.3, 0.4) is 0 Å². The molecule has 2 aromatic carbocycles. The lowest BCUT2D eigenvalue weighted by Gasteiger charge is -2.32. The number of methoxy groups -OCH3 is 1. The van der Waals surface area contributed by atoms with Gasteiger partial charge in [-0.1, -0.05) is 41.4 Å². The summed E-state index contributed by atoms with van der Waals surface area (Å²) in [7, 11) is 2.69. The molecule has 1 atom stereocenters. The normalized spacial score (nSPS) is 15.2. The highest BCUT2D eigenvalue weighted by atomic mass is 35.5. The van der Waals surface area contributed by atoms with Crippen LogP contribution in [0.25, 0.3) is 6.08 Å². The van der Waals surface area contributed by atoms with Crippen molar-refractivity contribution in [1.29, 1.82) is 0 Å². The topological polar surface area (TPSA) is 50.6 Å². The van der Waals surface area contributed by atoms with E-state index in [2.05, 4.69) is 4.99 Å². The minimum Gasteiger partial charge on any atom is -0.360 e. The Hall–Kier alpha value is -2.35. The van der Waals surface area contributed by atoms with Crippen LogP contribution in [-0.2, 0) is 10.3 Å². The number of aliphatic imine (C=N–C) groups is 1. The molecule has 2 rings (SSSR count). The smallest absolute Gasteiger partial charge is 0.360 e. The highest BCUT2D eigenvalue weighted by Crippen LogP contribution is 2.44. The minimum absolute atomic E-state index is 0.0773. The molecule has 2 N–H and O–H groups in total. The van der Waals surface area contributed by atoms with Crippen molar-refractivity contribution in [3.8, 4) is 0 Å². The van der Waals surface area contributed by atoms with Crippen molar-refractivity contribution >= 4 is 47.6 Å². The van der Waals surface area contributed by atoms with Crippen LogP contribution in [0.2, 0.25) is 10.0 Å². The van der Waals surface area contributed by atoms with E-state index < -0.39 is 11.8 Å². The molecule has 0 aliphatic rings. The molecule has 0 spiro atoms. The fourth-order valence-electron chi connectivity index (χ4n) is 2.51. The van der Waals surface area contributed by atoms with Gasteiger partial charge in [-0.15, -0.1) is 4.99 Å². The van der Waals surface area contributed by atoms with E-state index in [1.807, 2.05) is 0 Å². The van der Waals surface area contributed by atoms with E-state index in [4.69, 9.17) is 33.7 Å². The van der Waals surface area contributed by atoms with E-state index in [9.17, 15) is 13.2 Å². The number of hydrogen-bond donors (Lipinski definition) is 1. The van der Waals surface area contributed by atoms with Gasteiger partial charge in [0.05, 0.1) is 7.05 Å². The van der Waals surface area contributed by atoms with Gasteiger partial charge in [0.15, 0.2) is 6.34 Å². The number of nitrogens with two attached hydrogens (primary N) is 1. The van der Waals surface area contributed by atoms with Crippen LogP contribution in [-0.4, -0.2) is 37.6 Å². The molecule has 9 heteroatoms. The van der Waals surface area contributed by atoms with Crippen molar-refractivity contribution in [2.45, 2.75) is 11.8 Å². The maximum absolute atomic E-state index is 14.0. The lowest BCUT2D eigenvalue weighted by Crippen LogP contribution is -2.42. The molecule has 0 aliphatic heterocycles. The van der Waals surface area contributed by atoms with Crippen molar-refractivity contribution in [3.63, 3.8) is 0 Å². The summed E-state index contributed by atoms with van der Waals surface area (Å²) in [6.07, 6.45) is 0.348. The first-order chi connectivity index (χ1) is 13.6. The summed E-state index contributed by atoms with van der Waals surface area (Å²) in [5, 5.41) is 0.155. The van der Waals surface area contributed by atoms with Crippen molar-refractivity contribution in [1.82, 2.24) is 0 Å². The first-order valence-corrected chi connectivity index (χ1v) is 9.06. The number of halogens is 5. The van der Waals surface area contributed by atoms with Gasteiger partial charge in [-0.05, 0) is 47.5 Å². The van der Waals surface area contributed by atoms with Crippen LogP contribution in [0.5, 0.6) is 0 Å². The second kappa shape index (κ2) is 9.43. The molecular formula is C20H19Cl2F3N3O+. The molecule has 2 aromatic rings. The van der Waals surface area contributed by atoms with Gasteiger partial charge in [0.25, 0.3) is 0 Å². The van der Waals surface area contributed by atoms with Crippen molar-refractivity contribution in [2.75, 3.05) is 14.2 Å². The molecule has 4 nitrogen and oxygen atoms in total. The molecule has 29 heavy (non-hydrogen) atoms. The predicted octanol–water partition coefficient (Wildman–Crippen LogP) is 5.40. The third-order valence-electron chi connectivity index (χ3n) is 4.06. The Bertz CT molecular complexity index is 921. The molecule has 0 heterocycles. The fourth-order valence-corrected chi connectivity index (χ4v) is 3.03. The van der Waals surface area contributed by atoms with Gasteiger partial charge in [0, 0.05) is 17.2 Å². The van der Waals surface area contributed by atoms with Crippen LogP contribution in [0.4, 0.5) is 18.9 Å². The van der Waals surface area contributed by atoms with Gasteiger partial charge >= 0.3 is 6.18 Å². The number of ether oxygens (including phenoxy) is 1. The molecule has 1 unspecified atom stereocenters. The Kier molecular flexibility index (Phi) is 7.46. The average molecular weight is 445 g/mol. The highest BCUT2D eigenvalue weighted by molar-refractivity contribution is 6.34. The molecule has 0 aromatic heterocycles. The summed E-state index contributed by atoms with van der Waals surface area (Å²) in [6.45, 7) is 0. The predicted molar refractivity (Wildman–Crippen MR) is 111 cm³/mol. The third kappa shape index (κ3) is 5.59. The molecule has 0 fully saturated rings. The van der Waals surface area contributed by atoms with Crippen molar-refractivity contribution < 1.29 is 22.5 Å². The molecule has 0 amide bonds. The van der Waals surface area contributed by atoms with E-state index >= 15 is 0 Å². The Balaban J connectivity index is 2.41. The van der Waals surface area contributed by atoms with Crippen LogP contribution < -0.4 is 5.73 Å². The van der Waals surface area contributed by atoms with E-state index in [0.29, 0.717) is 11.3 Å². The summed E-state index contributed by atoms with van der Waals surface area (Å²) in [5.41, 5.74) is 3.55. The van der Waals surface area contributed by atoms with Gasteiger partial charge in [-0.3, -0.25) is 0 Å². The summed E-state index contributed by atoms with van der Waals surface area (Å²) < 4.78 is 48.5. The molecular weight excluding hydrogens is 426 g/mol. The first-order valence-electron chi connectivity index (χ1n) is 8.30. The van der Waals surface area contributed by atoms with E-state index in [1.165, 1.54) is 37.0 Å². The number of rotatable bonds is 6. The number of hydrogen-bond acceptors (Lipinski definition) is 2. The summed E-state index contributed by atoms with van der Waals surface area (Å²) in [5.74, 6) is 0. The van der Waals surface area contributed by atoms with Crippen LogP contribution >= 0.6 is 23.2 Å². The van der Waals surface area contributed by atoms with E-state index in [1.54, 1.807) is 35.9 Å². The standard InChI is InChI=1S/C20H18Cl2F3N3O/c1-28(12-26)13-27-18-5-3-14(4-6-18)7-8-19(29-2,20(23,24)25)15-9-16(21)11-17(22)10-15/h3-13,26H,1-2H3/p+1. The van der Waals surface area contributed by atoms with Crippen molar-refractivity contribution in [2.24, 2.45) is 10.7 Å². The molecule has 0 radical (unpaired) electrons. The van der Waals surface area contributed by atoms with Crippen LogP contribution in [0, 0.1) is 0 Å². The Morgan fingerprint density at radius 3 is 2.14 bits per heavy atom. The van der Waals surface area contributed by atoms with Gasteiger partial charge in [-0.25, -0.2) is 4.58 Å². The number of benzene rings is 2. The molecule has 0 saturated carbocycles. The second-order valence-corrected chi connectivity index (χ2v) is 6.95. The average Bonchev–Trinajstić information content (AvgIpc) is 2.66. The zero-order valence-corrected chi connectivity index (χ0v) is 17.1. The zero-order chi connectivity index (χ0) is 21.7. The minimum atomic E-state index is -4.75. The fraction of sp³-hybridized carbons (Fsp3) is 0.200. The van der Waals surface area contributed by atoms with E-state index in [0.717, 1.165) is 13.2 Å². The first kappa shape index (κ1) is 22.9. The second-order valence-electron chi connectivity index (χ2n) is 6.08. The third-order valence-corrected chi connectivity index (χ3v) is 4.50. The molecule has 154 valence electrons. The lowest BCUT2D eigenvalue weighted by atomic mass is 9.91. The Morgan fingerprint density at radius 1 is 1.07 bits per heavy atom. The largest absolute Gasteiger partial charge is 0.425 e. The van der Waals surface area contributed by atoms with Crippen LogP contribution in [0.1, 0.15) is 11.1 Å². The van der Waals surface area contributed by atoms with E-state index in [-0.39, 0.29) is 15.6 Å². The van der Waals surface area contributed by atoms with Gasteiger partial charge in [0.1, 0.15) is 5.69 Å². The van der Waals surface area contributed by atoms with Crippen molar-refractivity contribution in [3.05, 3.63) is 69.7 Å². The zero-order valence-electron chi connectivity index (χ0n) is 15.6. The SMILES string of the molecule is COC(C=Cc1ccc(N=C[N+](C)=CN)cc1)(c1cc(Cl)cc(Cl)c1)C(F)(F)F. The summed E-state index contributed by atoms with van der Waals surface area (Å²) in [6, 6.07) is 10.3. The summed E-state index contributed by atoms with van der Waals surface area (Å²) >= 11 is 11.8. The monoisotopic (exact) mass is 444 g/mol. The summed E-state index contributed by atoms with van der Waals surface area (Å²) in [4.78, 5) is 4.18. The lowest BCUT2D eigenvalue weighted by molar-refractivity contribution is -0.355. The molecule has 0 saturated heterocycles. The quantitative estimate of drug-likeness (QED) is 0.368. The van der Waals surface area contributed by atoms with Crippen LogP contribution in [0.15, 0.2) is 53.5 Å². The Morgan fingerprint density at radius 2 is 1.66 bits per heavy atom. The number of nitrogens with zero attached hydrogens (tertiary/aromatic N) is 2. The highest BCUT2D eigenvalue weighted by Gasteiger charge is 2.55. The van der Waals surface area contributed by atoms with Gasteiger partial charge in [0.2, 0.25) is 11.9 Å². The molecule has 0 bridgehead atoms. The van der Waals surface area contributed by atoms with Gasteiger partial charge < -0.3 is 10.5 Å². The molecule has 0 aliphatic carbocycles. The Labute approximate surface area is 176 Å². The number of alkyl halides is 3.